The highest BCUT2D eigenvalue weighted by Gasteiger charge is 2.44. The van der Waals surface area contributed by atoms with Crippen molar-refractivity contribution < 1.29 is 44.2 Å². The molecule has 1 heterocycles. The van der Waals surface area contributed by atoms with Gasteiger partial charge in [-0.3, -0.25) is 4.79 Å². The molecule has 1 aliphatic rings. The first-order chi connectivity index (χ1) is 26.4. The molecule has 316 valence electrons. The van der Waals surface area contributed by atoms with Gasteiger partial charge < -0.3 is 39.4 Å². The van der Waals surface area contributed by atoms with Crippen LogP contribution in [0.2, 0.25) is 0 Å². The van der Waals surface area contributed by atoms with Crippen molar-refractivity contribution in [2.24, 2.45) is 0 Å². The fourth-order valence-corrected chi connectivity index (χ4v) is 6.62. The molecule has 9 nitrogen and oxygen atoms in total. The number of aliphatic hydroxyl groups excluding tert-OH is 4. The van der Waals surface area contributed by atoms with Crippen molar-refractivity contribution in [3.05, 3.63) is 36.5 Å². The van der Waals surface area contributed by atoms with Gasteiger partial charge in [-0.15, -0.1) is 0 Å². The van der Waals surface area contributed by atoms with E-state index in [0.717, 1.165) is 64.2 Å². The summed E-state index contributed by atoms with van der Waals surface area (Å²) in [6.45, 7) is 4.43. The zero-order valence-corrected chi connectivity index (χ0v) is 34.5. The van der Waals surface area contributed by atoms with Gasteiger partial charge in [0.2, 0.25) is 0 Å². The third-order valence-corrected chi connectivity index (χ3v) is 10.1. The van der Waals surface area contributed by atoms with E-state index in [2.05, 4.69) is 50.3 Å². The molecule has 0 amide bonds. The van der Waals surface area contributed by atoms with Crippen molar-refractivity contribution in [3.8, 4) is 0 Å². The summed E-state index contributed by atoms with van der Waals surface area (Å²) in [6, 6.07) is 0. The van der Waals surface area contributed by atoms with Crippen LogP contribution >= 0.6 is 0 Å². The first-order valence-corrected chi connectivity index (χ1v) is 22.1. The zero-order chi connectivity index (χ0) is 39.3. The van der Waals surface area contributed by atoms with Crippen molar-refractivity contribution in [2.45, 2.75) is 218 Å². The SMILES string of the molecule is CC/C=C\C/C=C\C/C=C\CCCCCCCCOCC(COC1OC(CO)C(O)C(O)C1O)OC(=O)CCCCCCCCCCCCCCCCC. The normalized spacial score (nSPS) is 21.2. The molecule has 0 aromatic heterocycles. The zero-order valence-electron chi connectivity index (χ0n) is 34.5. The monoisotopic (exact) mass is 767 g/mol. The summed E-state index contributed by atoms with van der Waals surface area (Å²) in [4.78, 5) is 12.8. The van der Waals surface area contributed by atoms with Crippen LogP contribution in [0.5, 0.6) is 0 Å². The molecule has 6 atom stereocenters. The summed E-state index contributed by atoms with van der Waals surface area (Å²) in [5.41, 5.74) is 0. The molecule has 1 aliphatic heterocycles. The number of hydrogen-bond acceptors (Lipinski definition) is 9. The molecule has 9 heteroatoms. The van der Waals surface area contributed by atoms with Crippen LogP contribution in [0.15, 0.2) is 36.5 Å². The average molecular weight is 767 g/mol. The Labute approximate surface area is 330 Å². The molecule has 6 unspecified atom stereocenters. The fourth-order valence-electron chi connectivity index (χ4n) is 6.62. The largest absolute Gasteiger partial charge is 0.457 e. The standard InChI is InChI=1S/C45H82O9/c1-3-5-7-9-11-13-15-17-19-21-23-25-27-29-31-33-35-51-37-39(38-52-45-44(50)43(49)42(48)40(36-46)54-45)53-41(47)34-32-30-28-26-24-22-20-18-16-14-12-10-8-6-4-2/h5,7,11,13,17,19,39-40,42-46,48-50H,3-4,6,8-10,12,14-16,18,20-38H2,1-2H3/b7-5-,13-11-,19-17-. The Morgan fingerprint density at radius 3 is 1.70 bits per heavy atom. The van der Waals surface area contributed by atoms with Crippen molar-refractivity contribution in [3.63, 3.8) is 0 Å². The molecule has 1 rings (SSSR count). The maximum atomic E-state index is 12.8. The van der Waals surface area contributed by atoms with Crippen LogP contribution in [0.1, 0.15) is 181 Å². The molecule has 0 aliphatic carbocycles. The lowest BCUT2D eigenvalue weighted by atomic mass is 9.99. The Bertz CT molecular complexity index is 921. The van der Waals surface area contributed by atoms with Gasteiger partial charge in [-0.2, -0.15) is 0 Å². The summed E-state index contributed by atoms with van der Waals surface area (Å²) < 4.78 is 22.8. The van der Waals surface area contributed by atoms with E-state index < -0.39 is 43.4 Å². The lowest BCUT2D eigenvalue weighted by molar-refractivity contribution is -0.305. The Morgan fingerprint density at radius 2 is 1.13 bits per heavy atom. The smallest absolute Gasteiger partial charge is 0.306 e. The number of unbranched alkanes of at least 4 members (excludes halogenated alkanes) is 20. The molecule has 1 fully saturated rings. The van der Waals surface area contributed by atoms with E-state index in [0.29, 0.717) is 13.0 Å². The van der Waals surface area contributed by atoms with Gasteiger partial charge in [-0.1, -0.05) is 166 Å². The third-order valence-electron chi connectivity index (χ3n) is 10.1. The summed E-state index contributed by atoms with van der Waals surface area (Å²) in [5.74, 6) is -0.318. The molecule has 0 bridgehead atoms. The summed E-state index contributed by atoms with van der Waals surface area (Å²) in [6.07, 6.45) is 35.9. The van der Waals surface area contributed by atoms with Gasteiger partial charge in [0.05, 0.1) is 19.8 Å². The van der Waals surface area contributed by atoms with Crippen LogP contribution < -0.4 is 0 Å². The van der Waals surface area contributed by atoms with Crippen LogP contribution in [0.25, 0.3) is 0 Å². The summed E-state index contributed by atoms with van der Waals surface area (Å²) in [5, 5.41) is 40.1. The highest BCUT2D eigenvalue weighted by atomic mass is 16.7. The maximum absolute atomic E-state index is 12.8. The minimum absolute atomic E-state index is 0.117. The second-order valence-corrected chi connectivity index (χ2v) is 15.1. The van der Waals surface area contributed by atoms with Crippen molar-refractivity contribution >= 4 is 5.97 Å². The fraction of sp³-hybridized carbons (Fsp3) is 0.844. The van der Waals surface area contributed by atoms with E-state index in [9.17, 15) is 25.2 Å². The first kappa shape index (κ1) is 50.4. The number of carbonyl (C=O) groups is 1. The Hall–Kier alpha value is -1.59. The summed E-state index contributed by atoms with van der Waals surface area (Å²) in [7, 11) is 0. The first-order valence-electron chi connectivity index (χ1n) is 22.1. The van der Waals surface area contributed by atoms with Crippen molar-refractivity contribution in [1.29, 1.82) is 0 Å². The van der Waals surface area contributed by atoms with Crippen molar-refractivity contribution in [1.82, 2.24) is 0 Å². The predicted molar refractivity (Wildman–Crippen MR) is 219 cm³/mol. The molecule has 0 aromatic carbocycles. The molecule has 0 saturated carbocycles. The number of esters is 1. The second kappa shape index (κ2) is 37.0. The third kappa shape index (κ3) is 27.9. The molecule has 54 heavy (non-hydrogen) atoms. The lowest BCUT2D eigenvalue weighted by Crippen LogP contribution is -2.59. The van der Waals surface area contributed by atoms with Crippen LogP contribution in [0, 0.1) is 0 Å². The van der Waals surface area contributed by atoms with Gasteiger partial charge in [0, 0.05) is 13.0 Å². The minimum atomic E-state index is -1.54. The number of allylic oxidation sites excluding steroid dienone is 6. The molecule has 0 radical (unpaired) electrons. The molecule has 4 N–H and O–H groups in total. The van der Waals surface area contributed by atoms with E-state index in [-0.39, 0.29) is 19.2 Å². The van der Waals surface area contributed by atoms with Crippen molar-refractivity contribution in [2.75, 3.05) is 26.4 Å². The molecule has 0 spiro atoms. The maximum Gasteiger partial charge on any atom is 0.306 e. The average Bonchev–Trinajstić information content (AvgIpc) is 3.17. The number of rotatable bonds is 37. The molecular formula is C45H82O9. The lowest BCUT2D eigenvalue weighted by Gasteiger charge is -2.39. The van der Waals surface area contributed by atoms with E-state index >= 15 is 0 Å². The summed E-state index contributed by atoms with van der Waals surface area (Å²) >= 11 is 0. The molecule has 0 aromatic rings. The number of ether oxygens (including phenoxy) is 4. The minimum Gasteiger partial charge on any atom is -0.457 e. The van der Waals surface area contributed by atoms with Crippen LogP contribution in [-0.2, 0) is 23.7 Å². The van der Waals surface area contributed by atoms with Gasteiger partial charge in [0.15, 0.2) is 6.29 Å². The predicted octanol–water partition coefficient (Wildman–Crippen LogP) is 9.58. The van der Waals surface area contributed by atoms with Gasteiger partial charge in [-0.05, 0) is 44.9 Å². The van der Waals surface area contributed by atoms with Gasteiger partial charge in [-0.25, -0.2) is 0 Å². The number of carbonyl (C=O) groups excluding carboxylic acids is 1. The van der Waals surface area contributed by atoms with Crippen LogP contribution in [0.3, 0.4) is 0 Å². The Balaban J connectivity index is 2.28. The topological polar surface area (TPSA) is 135 Å². The van der Waals surface area contributed by atoms with Gasteiger partial charge in [0.25, 0.3) is 0 Å². The molecular weight excluding hydrogens is 684 g/mol. The molecule has 1 saturated heterocycles. The number of hydrogen-bond donors (Lipinski definition) is 4. The van der Waals surface area contributed by atoms with Crippen LogP contribution in [-0.4, -0.2) is 89.6 Å². The van der Waals surface area contributed by atoms with E-state index in [4.69, 9.17) is 18.9 Å². The quantitative estimate of drug-likeness (QED) is 0.0277. The van der Waals surface area contributed by atoms with E-state index in [1.165, 1.54) is 96.3 Å². The van der Waals surface area contributed by atoms with Gasteiger partial charge in [0.1, 0.15) is 30.5 Å². The Kier molecular flexibility index (Phi) is 34.6. The Morgan fingerprint density at radius 1 is 0.611 bits per heavy atom. The van der Waals surface area contributed by atoms with E-state index in [1.54, 1.807) is 0 Å². The van der Waals surface area contributed by atoms with Gasteiger partial charge >= 0.3 is 5.97 Å². The second-order valence-electron chi connectivity index (χ2n) is 15.1. The van der Waals surface area contributed by atoms with Crippen LogP contribution in [0.4, 0.5) is 0 Å². The highest BCUT2D eigenvalue weighted by molar-refractivity contribution is 5.69. The number of aliphatic hydroxyl groups is 4. The highest BCUT2D eigenvalue weighted by Crippen LogP contribution is 2.22. The van der Waals surface area contributed by atoms with E-state index in [1.807, 2.05) is 0 Å².